The number of nitrogens with one attached hydrogen (secondary N) is 1. The molecule has 2 nitrogen and oxygen atoms in total. The molecule has 2 rings (SSSR count). The van der Waals surface area contributed by atoms with Gasteiger partial charge in [0.15, 0.2) is 0 Å². The second-order valence-corrected chi connectivity index (χ2v) is 5.48. The average Bonchev–Trinajstić information content (AvgIpc) is 2.79. The topological polar surface area (TPSA) is 29.1 Å². The number of carbonyl (C=O) groups excluding carboxylic acids is 1. The lowest BCUT2D eigenvalue weighted by Crippen LogP contribution is -2.22. The fourth-order valence-corrected chi connectivity index (χ4v) is 2.92. The third kappa shape index (κ3) is 3.20. The highest BCUT2D eigenvalue weighted by atomic mass is 32.1. The molecule has 1 aromatic carbocycles. The maximum absolute atomic E-state index is 13.4. The maximum Gasteiger partial charge on any atom is 0.261 e. The smallest absolute Gasteiger partial charge is 0.261 e. The van der Waals surface area contributed by atoms with Crippen LogP contribution < -0.4 is 5.32 Å². The van der Waals surface area contributed by atoms with E-state index in [-0.39, 0.29) is 18.3 Å². The zero-order chi connectivity index (χ0) is 13.8. The summed E-state index contributed by atoms with van der Waals surface area (Å²) in [5.41, 5.74) is 1.64. The summed E-state index contributed by atoms with van der Waals surface area (Å²) in [6, 6.07) is 8.35. The lowest BCUT2D eigenvalue weighted by atomic mass is 10.2. The summed E-state index contributed by atoms with van der Waals surface area (Å²) >= 11 is 1.50. The van der Waals surface area contributed by atoms with E-state index in [1.807, 2.05) is 13.0 Å². The predicted molar refractivity (Wildman–Crippen MR) is 76.0 cm³/mol. The van der Waals surface area contributed by atoms with Crippen molar-refractivity contribution in [3.63, 3.8) is 0 Å². The van der Waals surface area contributed by atoms with Crippen molar-refractivity contribution in [2.45, 2.75) is 26.8 Å². The fraction of sp³-hybridized carbons (Fsp3) is 0.267. The molecule has 0 aliphatic rings. The molecule has 0 aliphatic carbocycles. The molecule has 1 N–H and O–H groups in total. The molecule has 0 saturated heterocycles. The lowest BCUT2D eigenvalue weighted by molar-refractivity contribution is 0.0954. The Morgan fingerprint density at radius 3 is 2.74 bits per heavy atom. The molecule has 0 saturated carbocycles. The standard InChI is InChI=1S/C15H16FNOS/c1-3-13-10(2)8-14(19-13)15(18)17-9-11-6-4-5-7-12(11)16/h4-8H,3,9H2,1-2H3,(H,17,18). The number of hydrogen-bond donors (Lipinski definition) is 1. The van der Waals surface area contributed by atoms with Gasteiger partial charge in [-0.3, -0.25) is 4.79 Å². The van der Waals surface area contributed by atoms with Crippen LogP contribution in [0.25, 0.3) is 0 Å². The third-order valence-corrected chi connectivity index (χ3v) is 4.34. The Morgan fingerprint density at radius 2 is 2.11 bits per heavy atom. The van der Waals surface area contributed by atoms with Crippen LogP contribution in [0.2, 0.25) is 0 Å². The van der Waals surface area contributed by atoms with Crippen molar-refractivity contribution in [2.24, 2.45) is 0 Å². The second-order valence-electron chi connectivity index (χ2n) is 4.34. The van der Waals surface area contributed by atoms with Crippen molar-refractivity contribution in [2.75, 3.05) is 0 Å². The van der Waals surface area contributed by atoms with Crippen molar-refractivity contribution in [3.05, 3.63) is 57.0 Å². The number of halogens is 1. The van der Waals surface area contributed by atoms with E-state index in [1.54, 1.807) is 18.2 Å². The minimum Gasteiger partial charge on any atom is -0.347 e. The average molecular weight is 277 g/mol. The number of aryl methyl sites for hydroxylation is 2. The number of thiophene rings is 1. The molecule has 1 heterocycles. The van der Waals surface area contributed by atoms with Crippen LogP contribution in [0.1, 0.15) is 32.6 Å². The molecule has 0 spiro atoms. The first kappa shape index (κ1) is 13.7. The van der Waals surface area contributed by atoms with E-state index in [0.717, 1.165) is 12.0 Å². The molecule has 1 amide bonds. The van der Waals surface area contributed by atoms with Gasteiger partial charge in [0.05, 0.1) is 4.88 Å². The van der Waals surface area contributed by atoms with E-state index < -0.39 is 0 Å². The second kappa shape index (κ2) is 5.97. The first-order valence-electron chi connectivity index (χ1n) is 6.22. The van der Waals surface area contributed by atoms with Crippen molar-refractivity contribution in [1.29, 1.82) is 0 Å². The Kier molecular flexibility index (Phi) is 4.32. The van der Waals surface area contributed by atoms with Gasteiger partial charge in [-0.1, -0.05) is 25.1 Å². The summed E-state index contributed by atoms with van der Waals surface area (Å²) in [5.74, 6) is -0.435. The zero-order valence-corrected chi connectivity index (χ0v) is 11.8. The molecule has 100 valence electrons. The van der Waals surface area contributed by atoms with Gasteiger partial charge in [-0.05, 0) is 31.0 Å². The van der Waals surface area contributed by atoms with E-state index in [4.69, 9.17) is 0 Å². The summed E-state index contributed by atoms with van der Waals surface area (Å²) in [7, 11) is 0. The van der Waals surface area contributed by atoms with Crippen LogP contribution in [0.4, 0.5) is 4.39 Å². The van der Waals surface area contributed by atoms with Gasteiger partial charge in [-0.15, -0.1) is 11.3 Å². The van der Waals surface area contributed by atoms with E-state index in [2.05, 4.69) is 12.2 Å². The van der Waals surface area contributed by atoms with Crippen LogP contribution >= 0.6 is 11.3 Å². The Balaban J connectivity index is 2.03. The van der Waals surface area contributed by atoms with Crippen LogP contribution in [0.5, 0.6) is 0 Å². The number of rotatable bonds is 4. The lowest BCUT2D eigenvalue weighted by Gasteiger charge is -2.04. The van der Waals surface area contributed by atoms with Gasteiger partial charge in [-0.25, -0.2) is 4.39 Å². The van der Waals surface area contributed by atoms with Crippen molar-refractivity contribution in [3.8, 4) is 0 Å². The van der Waals surface area contributed by atoms with Crippen molar-refractivity contribution in [1.82, 2.24) is 5.32 Å². The molecule has 4 heteroatoms. The molecular formula is C15H16FNOS. The SMILES string of the molecule is CCc1sc(C(=O)NCc2ccccc2F)cc1C. The molecule has 19 heavy (non-hydrogen) atoms. The van der Waals surface area contributed by atoms with E-state index in [0.29, 0.717) is 10.4 Å². The van der Waals surface area contributed by atoms with Gasteiger partial charge in [0.2, 0.25) is 0 Å². The molecule has 0 fully saturated rings. The monoisotopic (exact) mass is 277 g/mol. The Hall–Kier alpha value is -1.68. The summed E-state index contributed by atoms with van der Waals surface area (Å²) < 4.78 is 13.4. The Morgan fingerprint density at radius 1 is 1.37 bits per heavy atom. The van der Waals surface area contributed by atoms with Crippen LogP contribution in [-0.4, -0.2) is 5.91 Å². The van der Waals surface area contributed by atoms with E-state index in [9.17, 15) is 9.18 Å². The Bertz CT molecular complexity index is 592. The highest BCUT2D eigenvalue weighted by molar-refractivity contribution is 7.14. The minimum absolute atomic E-state index is 0.143. The normalized spacial score (nSPS) is 10.5. The highest BCUT2D eigenvalue weighted by Crippen LogP contribution is 2.22. The molecule has 1 aromatic heterocycles. The van der Waals surface area contributed by atoms with E-state index >= 15 is 0 Å². The van der Waals surface area contributed by atoms with Gasteiger partial charge >= 0.3 is 0 Å². The largest absolute Gasteiger partial charge is 0.347 e. The summed E-state index contributed by atoms with van der Waals surface area (Å²) in [4.78, 5) is 13.9. The highest BCUT2D eigenvalue weighted by Gasteiger charge is 2.11. The molecule has 0 aliphatic heterocycles. The van der Waals surface area contributed by atoms with Crippen molar-refractivity contribution >= 4 is 17.2 Å². The summed E-state index contributed by atoms with van der Waals surface area (Å²) in [6.07, 6.45) is 0.928. The molecular weight excluding hydrogens is 261 g/mol. The van der Waals surface area contributed by atoms with Crippen LogP contribution in [0.3, 0.4) is 0 Å². The number of carbonyl (C=O) groups is 1. The summed E-state index contributed by atoms with van der Waals surface area (Å²) in [5, 5.41) is 2.75. The maximum atomic E-state index is 13.4. The summed E-state index contributed by atoms with van der Waals surface area (Å²) in [6.45, 7) is 4.28. The minimum atomic E-state index is -0.292. The molecule has 0 radical (unpaired) electrons. The number of hydrogen-bond acceptors (Lipinski definition) is 2. The van der Waals surface area contributed by atoms with Crippen LogP contribution in [0.15, 0.2) is 30.3 Å². The first-order chi connectivity index (χ1) is 9.11. The third-order valence-electron chi connectivity index (χ3n) is 2.96. The quantitative estimate of drug-likeness (QED) is 0.907. The van der Waals surface area contributed by atoms with Crippen LogP contribution in [0, 0.1) is 12.7 Å². The fourth-order valence-electron chi connectivity index (χ4n) is 1.89. The predicted octanol–water partition coefficient (Wildman–Crippen LogP) is 3.69. The van der Waals surface area contributed by atoms with E-state index in [1.165, 1.54) is 22.3 Å². The van der Waals surface area contributed by atoms with Gasteiger partial charge in [0, 0.05) is 17.0 Å². The number of amides is 1. The van der Waals surface area contributed by atoms with Gasteiger partial charge in [-0.2, -0.15) is 0 Å². The molecule has 0 bridgehead atoms. The zero-order valence-electron chi connectivity index (χ0n) is 11.0. The first-order valence-corrected chi connectivity index (χ1v) is 7.04. The van der Waals surface area contributed by atoms with Crippen molar-refractivity contribution < 1.29 is 9.18 Å². The molecule has 0 atom stereocenters. The van der Waals surface area contributed by atoms with Gasteiger partial charge in [0.1, 0.15) is 5.82 Å². The van der Waals surface area contributed by atoms with Gasteiger partial charge in [0.25, 0.3) is 5.91 Å². The van der Waals surface area contributed by atoms with Crippen LogP contribution in [-0.2, 0) is 13.0 Å². The molecule has 2 aromatic rings. The number of benzene rings is 1. The molecule has 0 unspecified atom stereocenters. The van der Waals surface area contributed by atoms with Gasteiger partial charge < -0.3 is 5.32 Å². The Labute approximate surface area is 116 Å².